The molecule has 10 heteroatoms. The van der Waals surface area contributed by atoms with Gasteiger partial charge in [0.05, 0.1) is 18.6 Å². The van der Waals surface area contributed by atoms with Crippen molar-refractivity contribution in [1.82, 2.24) is 20.2 Å². The quantitative estimate of drug-likeness (QED) is 0.312. The van der Waals surface area contributed by atoms with Crippen LogP contribution < -0.4 is 10.2 Å². The van der Waals surface area contributed by atoms with Crippen molar-refractivity contribution in [2.24, 2.45) is 12.1 Å². The van der Waals surface area contributed by atoms with E-state index in [1.807, 2.05) is 26.1 Å². The number of phenolic OH excluding ortho intramolecular Hbond substituents is 1. The van der Waals surface area contributed by atoms with Gasteiger partial charge in [-0.3, -0.25) is 4.79 Å². The van der Waals surface area contributed by atoms with Crippen LogP contribution in [-0.4, -0.2) is 44.4 Å². The Kier molecular flexibility index (Phi) is 7.31. The van der Waals surface area contributed by atoms with Crippen molar-refractivity contribution < 1.29 is 14.6 Å². The number of nitrogens with zero attached hydrogens (tertiary/aromatic N) is 4. The SMILES string of the molecule is CCOc1ccc(/C=N\NC(=O)CSc2nnc(-c3cccc(Cl)c3)n2C)cc1O. The van der Waals surface area contributed by atoms with Crippen LogP contribution in [0.1, 0.15) is 12.5 Å². The zero-order chi connectivity index (χ0) is 21.5. The summed E-state index contributed by atoms with van der Waals surface area (Å²) in [7, 11) is 1.83. The van der Waals surface area contributed by atoms with Gasteiger partial charge in [-0.05, 0) is 42.8 Å². The Morgan fingerprint density at radius 3 is 2.90 bits per heavy atom. The highest BCUT2D eigenvalue weighted by Gasteiger charge is 2.13. The predicted molar refractivity (Wildman–Crippen MR) is 117 cm³/mol. The molecule has 0 aliphatic rings. The van der Waals surface area contributed by atoms with E-state index in [1.54, 1.807) is 28.8 Å². The van der Waals surface area contributed by atoms with Crippen LogP contribution in [0.15, 0.2) is 52.7 Å². The van der Waals surface area contributed by atoms with Crippen molar-refractivity contribution in [3.8, 4) is 22.9 Å². The average Bonchev–Trinajstić information content (AvgIpc) is 3.09. The minimum Gasteiger partial charge on any atom is -0.504 e. The number of phenols is 1. The number of nitrogens with one attached hydrogen (secondary N) is 1. The topological polar surface area (TPSA) is 102 Å². The second-order valence-corrected chi connectivity index (χ2v) is 7.50. The number of hydrazone groups is 1. The molecule has 0 unspecified atom stereocenters. The van der Waals surface area contributed by atoms with E-state index in [0.29, 0.717) is 33.9 Å². The molecule has 0 saturated carbocycles. The lowest BCUT2D eigenvalue weighted by molar-refractivity contribution is -0.118. The summed E-state index contributed by atoms with van der Waals surface area (Å²) in [5.74, 6) is 0.900. The van der Waals surface area contributed by atoms with Gasteiger partial charge >= 0.3 is 0 Å². The summed E-state index contributed by atoms with van der Waals surface area (Å²) >= 11 is 7.28. The van der Waals surface area contributed by atoms with E-state index in [0.717, 1.165) is 5.56 Å². The molecule has 0 fully saturated rings. The molecule has 1 amide bonds. The van der Waals surface area contributed by atoms with Gasteiger partial charge in [0.15, 0.2) is 22.5 Å². The van der Waals surface area contributed by atoms with Gasteiger partial charge < -0.3 is 14.4 Å². The third kappa shape index (κ3) is 5.52. The van der Waals surface area contributed by atoms with Gasteiger partial charge in [-0.15, -0.1) is 10.2 Å². The van der Waals surface area contributed by atoms with E-state index < -0.39 is 0 Å². The lowest BCUT2D eigenvalue weighted by atomic mass is 10.2. The maximum Gasteiger partial charge on any atom is 0.250 e. The highest BCUT2D eigenvalue weighted by atomic mass is 35.5. The molecule has 1 heterocycles. The molecule has 0 radical (unpaired) electrons. The van der Waals surface area contributed by atoms with Gasteiger partial charge in [-0.1, -0.05) is 35.5 Å². The molecule has 0 spiro atoms. The summed E-state index contributed by atoms with van der Waals surface area (Å²) < 4.78 is 7.07. The van der Waals surface area contributed by atoms with E-state index in [1.165, 1.54) is 24.0 Å². The number of carbonyl (C=O) groups is 1. The summed E-state index contributed by atoms with van der Waals surface area (Å²) in [5.41, 5.74) is 3.92. The van der Waals surface area contributed by atoms with Gasteiger partial charge in [-0.2, -0.15) is 5.10 Å². The maximum atomic E-state index is 12.1. The van der Waals surface area contributed by atoms with Crippen molar-refractivity contribution >= 4 is 35.5 Å². The van der Waals surface area contributed by atoms with Crippen molar-refractivity contribution in [3.63, 3.8) is 0 Å². The lowest BCUT2D eigenvalue weighted by Crippen LogP contribution is -2.19. The number of hydrogen-bond acceptors (Lipinski definition) is 7. The molecule has 1 aromatic heterocycles. The van der Waals surface area contributed by atoms with Crippen LogP contribution in [0.2, 0.25) is 5.02 Å². The number of thioether (sulfide) groups is 1. The molecular weight excluding hydrogens is 426 g/mol. The summed E-state index contributed by atoms with van der Waals surface area (Å²) in [6.45, 7) is 2.29. The molecule has 0 aliphatic carbocycles. The zero-order valence-corrected chi connectivity index (χ0v) is 17.9. The van der Waals surface area contributed by atoms with Gasteiger partial charge in [0.2, 0.25) is 0 Å². The average molecular weight is 446 g/mol. The summed E-state index contributed by atoms with van der Waals surface area (Å²) in [4.78, 5) is 12.1. The minimum absolute atomic E-state index is 0.0143. The number of benzene rings is 2. The maximum absolute atomic E-state index is 12.1. The lowest BCUT2D eigenvalue weighted by Gasteiger charge is -2.05. The number of ether oxygens (including phenoxy) is 1. The largest absolute Gasteiger partial charge is 0.504 e. The Hall–Kier alpha value is -3.04. The Morgan fingerprint density at radius 1 is 1.33 bits per heavy atom. The smallest absolute Gasteiger partial charge is 0.250 e. The summed E-state index contributed by atoms with van der Waals surface area (Å²) in [5, 5.41) is 23.3. The number of hydrogen-bond donors (Lipinski definition) is 2. The predicted octanol–water partition coefficient (Wildman–Crippen LogP) is 3.48. The van der Waals surface area contributed by atoms with Gasteiger partial charge in [0.25, 0.3) is 5.91 Å². The Labute approximate surface area is 182 Å². The van der Waals surface area contributed by atoms with Crippen molar-refractivity contribution in [2.75, 3.05) is 12.4 Å². The van der Waals surface area contributed by atoms with Crippen LogP contribution >= 0.6 is 23.4 Å². The van der Waals surface area contributed by atoms with Crippen LogP contribution in [0, 0.1) is 0 Å². The van der Waals surface area contributed by atoms with Crippen LogP contribution in [0.3, 0.4) is 0 Å². The number of rotatable bonds is 8. The van der Waals surface area contributed by atoms with E-state index in [4.69, 9.17) is 16.3 Å². The fourth-order valence-corrected chi connectivity index (χ4v) is 3.45. The van der Waals surface area contributed by atoms with E-state index in [-0.39, 0.29) is 17.4 Å². The van der Waals surface area contributed by atoms with Crippen molar-refractivity contribution in [1.29, 1.82) is 0 Å². The van der Waals surface area contributed by atoms with Crippen molar-refractivity contribution in [2.45, 2.75) is 12.1 Å². The summed E-state index contributed by atoms with van der Waals surface area (Å²) in [6.07, 6.45) is 1.44. The molecule has 2 N–H and O–H groups in total. The Balaban J connectivity index is 1.54. The molecule has 0 atom stereocenters. The van der Waals surface area contributed by atoms with Crippen molar-refractivity contribution in [3.05, 3.63) is 53.1 Å². The first-order valence-electron chi connectivity index (χ1n) is 9.03. The van der Waals surface area contributed by atoms with Crippen LogP contribution in [0.25, 0.3) is 11.4 Å². The zero-order valence-electron chi connectivity index (χ0n) is 16.4. The van der Waals surface area contributed by atoms with Gasteiger partial charge in [0, 0.05) is 17.6 Å². The molecule has 3 aromatic rings. The van der Waals surface area contributed by atoms with E-state index in [2.05, 4.69) is 20.7 Å². The molecule has 0 saturated heterocycles. The number of amides is 1. The molecule has 0 aliphatic heterocycles. The molecule has 0 bridgehead atoms. The molecule has 2 aromatic carbocycles. The van der Waals surface area contributed by atoms with E-state index >= 15 is 0 Å². The standard InChI is InChI=1S/C20H20ClN5O3S/c1-3-29-17-8-7-13(9-16(17)27)11-22-23-18(28)12-30-20-25-24-19(26(20)2)14-5-4-6-15(21)10-14/h4-11,27H,3,12H2,1-2H3,(H,23,28)/b22-11-. The van der Waals surface area contributed by atoms with E-state index in [9.17, 15) is 9.90 Å². The fraction of sp³-hybridized carbons (Fsp3) is 0.200. The highest BCUT2D eigenvalue weighted by Crippen LogP contribution is 2.26. The van der Waals surface area contributed by atoms with Crippen LogP contribution in [0.4, 0.5) is 0 Å². The summed E-state index contributed by atoms with van der Waals surface area (Å²) in [6, 6.07) is 12.2. The third-order valence-corrected chi connectivity index (χ3v) is 5.19. The second-order valence-electron chi connectivity index (χ2n) is 6.12. The molecule has 3 rings (SSSR count). The number of halogens is 1. The number of carbonyl (C=O) groups excluding carboxylic acids is 1. The minimum atomic E-state index is -0.293. The van der Waals surface area contributed by atoms with Gasteiger partial charge in [-0.25, -0.2) is 5.43 Å². The number of aromatic hydroxyl groups is 1. The molecule has 30 heavy (non-hydrogen) atoms. The first kappa shape index (κ1) is 21.7. The Bertz CT molecular complexity index is 1070. The molecule has 156 valence electrons. The Morgan fingerprint density at radius 2 is 2.17 bits per heavy atom. The highest BCUT2D eigenvalue weighted by molar-refractivity contribution is 7.99. The van der Waals surface area contributed by atoms with Crippen LogP contribution in [0.5, 0.6) is 11.5 Å². The first-order valence-corrected chi connectivity index (χ1v) is 10.4. The van der Waals surface area contributed by atoms with Gasteiger partial charge in [0.1, 0.15) is 0 Å². The normalized spacial score (nSPS) is 11.0. The fourth-order valence-electron chi connectivity index (χ4n) is 2.55. The second kappa shape index (κ2) is 10.1. The number of aromatic nitrogens is 3. The van der Waals surface area contributed by atoms with Crippen LogP contribution in [-0.2, 0) is 11.8 Å². The molecule has 8 nitrogen and oxygen atoms in total. The monoisotopic (exact) mass is 445 g/mol. The molecular formula is C20H20ClN5O3S. The first-order chi connectivity index (χ1) is 14.5. The third-order valence-electron chi connectivity index (χ3n) is 3.94.